The first-order valence-electron chi connectivity index (χ1n) is 9.54. The van der Waals surface area contributed by atoms with Crippen LogP contribution in [0.2, 0.25) is 0 Å². The van der Waals surface area contributed by atoms with Gasteiger partial charge in [-0.3, -0.25) is 9.78 Å². The molecule has 1 aliphatic rings. The Morgan fingerprint density at radius 1 is 1.14 bits per heavy atom. The number of hydrogen-bond acceptors (Lipinski definition) is 3. The summed E-state index contributed by atoms with van der Waals surface area (Å²) >= 11 is 0. The summed E-state index contributed by atoms with van der Waals surface area (Å²) in [5, 5.41) is 0. The second-order valence-corrected chi connectivity index (χ2v) is 7.30. The molecule has 5 heteroatoms. The largest absolute Gasteiger partial charge is 0.338 e. The summed E-state index contributed by atoms with van der Waals surface area (Å²) in [6.45, 7) is 3.36. The molecule has 0 bridgehead atoms. The third-order valence-corrected chi connectivity index (χ3v) is 5.19. The molecule has 3 aromatic rings. The zero-order valence-electron chi connectivity index (χ0n) is 15.8. The Hall–Kier alpha value is -3.08. The lowest BCUT2D eigenvalue weighted by Crippen LogP contribution is -2.39. The van der Waals surface area contributed by atoms with Crippen LogP contribution < -0.4 is 0 Å². The molecule has 0 spiro atoms. The molecule has 1 unspecified atom stereocenters. The van der Waals surface area contributed by atoms with Crippen molar-refractivity contribution in [2.45, 2.75) is 25.7 Å². The van der Waals surface area contributed by atoms with Gasteiger partial charge in [-0.1, -0.05) is 23.8 Å². The van der Waals surface area contributed by atoms with E-state index in [0.717, 1.165) is 29.8 Å². The van der Waals surface area contributed by atoms with Crippen LogP contribution in [0.5, 0.6) is 0 Å². The maximum Gasteiger partial charge on any atom is 0.253 e. The van der Waals surface area contributed by atoms with Crippen molar-refractivity contribution in [1.29, 1.82) is 0 Å². The molecule has 2 heterocycles. The first-order chi connectivity index (χ1) is 13.6. The fourth-order valence-electron chi connectivity index (χ4n) is 3.70. The molecule has 0 radical (unpaired) electrons. The van der Waals surface area contributed by atoms with Crippen molar-refractivity contribution < 1.29 is 9.18 Å². The summed E-state index contributed by atoms with van der Waals surface area (Å²) in [6, 6.07) is 13.9. The zero-order chi connectivity index (χ0) is 19.5. The topological polar surface area (TPSA) is 46.1 Å². The van der Waals surface area contributed by atoms with Crippen molar-refractivity contribution in [3.05, 3.63) is 83.6 Å². The van der Waals surface area contributed by atoms with Crippen LogP contribution in [0.1, 0.15) is 40.4 Å². The minimum Gasteiger partial charge on any atom is -0.338 e. The fraction of sp³-hybridized carbons (Fsp3) is 0.261. The smallest absolute Gasteiger partial charge is 0.253 e. The van der Waals surface area contributed by atoms with Crippen LogP contribution in [-0.4, -0.2) is 33.9 Å². The number of rotatable bonds is 3. The van der Waals surface area contributed by atoms with Gasteiger partial charge >= 0.3 is 0 Å². The van der Waals surface area contributed by atoms with Gasteiger partial charge in [-0.2, -0.15) is 0 Å². The third kappa shape index (κ3) is 3.93. The van der Waals surface area contributed by atoms with Crippen molar-refractivity contribution in [1.82, 2.24) is 14.9 Å². The molecule has 142 valence electrons. The Morgan fingerprint density at radius 3 is 2.75 bits per heavy atom. The Morgan fingerprint density at radius 2 is 1.96 bits per heavy atom. The molecule has 4 rings (SSSR count). The SMILES string of the molecule is Cc1cccc(-c2cncc(C3CCCN(C(=O)c4ccc(F)cc4)C3)n2)c1. The Bertz CT molecular complexity index is 987. The summed E-state index contributed by atoms with van der Waals surface area (Å²) in [5.74, 6) is -0.251. The highest BCUT2D eigenvalue weighted by Gasteiger charge is 2.26. The van der Waals surface area contributed by atoms with Crippen molar-refractivity contribution in [3.63, 3.8) is 0 Å². The molecule has 0 N–H and O–H groups in total. The summed E-state index contributed by atoms with van der Waals surface area (Å²) < 4.78 is 13.1. The van der Waals surface area contributed by atoms with E-state index in [4.69, 9.17) is 4.98 Å². The second kappa shape index (κ2) is 7.89. The lowest BCUT2D eigenvalue weighted by molar-refractivity contribution is 0.0705. The highest BCUT2D eigenvalue weighted by atomic mass is 19.1. The quantitative estimate of drug-likeness (QED) is 0.671. The van der Waals surface area contributed by atoms with Crippen LogP contribution >= 0.6 is 0 Å². The minimum absolute atomic E-state index is 0.0625. The molecule has 1 atom stereocenters. The lowest BCUT2D eigenvalue weighted by Gasteiger charge is -2.32. The van der Waals surface area contributed by atoms with Crippen molar-refractivity contribution in [2.24, 2.45) is 0 Å². The normalized spacial score (nSPS) is 16.8. The predicted molar refractivity (Wildman–Crippen MR) is 106 cm³/mol. The molecule has 1 fully saturated rings. The number of aromatic nitrogens is 2. The van der Waals surface area contributed by atoms with Gasteiger partial charge in [-0.05, 0) is 50.1 Å². The van der Waals surface area contributed by atoms with Gasteiger partial charge in [0, 0.05) is 36.3 Å². The number of nitrogens with zero attached hydrogens (tertiary/aromatic N) is 3. The molecule has 4 nitrogen and oxygen atoms in total. The number of amides is 1. The van der Waals surface area contributed by atoms with Crippen LogP contribution in [0.15, 0.2) is 60.9 Å². The van der Waals surface area contributed by atoms with Crippen molar-refractivity contribution >= 4 is 5.91 Å². The van der Waals surface area contributed by atoms with E-state index in [2.05, 4.69) is 24.0 Å². The van der Waals surface area contributed by atoms with Gasteiger partial charge in [0.05, 0.1) is 17.6 Å². The maximum absolute atomic E-state index is 13.1. The average Bonchev–Trinajstić information content (AvgIpc) is 2.74. The highest BCUT2D eigenvalue weighted by Crippen LogP contribution is 2.28. The number of carbonyl (C=O) groups excluding carboxylic acids is 1. The number of aryl methyl sites for hydroxylation is 1. The van der Waals surface area contributed by atoms with E-state index in [9.17, 15) is 9.18 Å². The molecule has 0 aliphatic carbocycles. The maximum atomic E-state index is 13.1. The number of likely N-dealkylation sites (tertiary alicyclic amines) is 1. The van der Waals surface area contributed by atoms with E-state index < -0.39 is 0 Å². The molecular formula is C23H22FN3O. The lowest BCUT2D eigenvalue weighted by atomic mass is 9.94. The van der Waals surface area contributed by atoms with E-state index in [1.54, 1.807) is 24.5 Å². The van der Waals surface area contributed by atoms with Gasteiger partial charge in [-0.15, -0.1) is 0 Å². The first-order valence-corrected chi connectivity index (χ1v) is 9.54. The second-order valence-electron chi connectivity index (χ2n) is 7.30. The Labute approximate surface area is 164 Å². The molecule has 1 saturated heterocycles. The molecular weight excluding hydrogens is 353 g/mol. The minimum atomic E-state index is -0.337. The monoisotopic (exact) mass is 375 g/mol. The molecule has 2 aromatic carbocycles. The van der Waals surface area contributed by atoms with Crippen LogP contribution in [0.25, 0.3) is 11.3 Å². The first kappa shape index (κ1) is 18.3. The molecule has 0 saturated carbocycles. The number of carbonyl (C=O) groups is 1. The van der Waals surface area contributed by atoms with Crippen molar-refractivity contribution in [2.75, 3.05) is 13.1 Å². The molecule has 1 amide bonds. The van der Waals surface area contributed by atoms with Gasteiger partial charge in [0.15, 0.2) is 0 Å². The number of halogens is 1. The summed E-state index contributed by atoms with van der Waals surface area (Å²) in [7, 11) is 0. The zero-order valence-corrected chi connectivity index (χ0v) is 15.8. The summed E-state index contributed by atoms with van der Waals surface area (Å²) in [4.78, 5) is 23.8. The van der Waals surface area contributed by atoms with E-state index in [0.29, 0.717) is 18.7 Å². The number of benzene rings is 2. The molecule has 1 aliphatic heterocycles. The number of hydrogen-bond donors (Lipinski definition) is 0. The summed E-state index contributed by atoms with van der Waals surface area (Å²) in [6.07, 6.45) is 5.46. The van der Waals surface area contributed by atoms with Crippen molar-refractivity contribution in [3.8, 4) is 11.3 Å². The van der Waals surface area contributed by atoms with Gasteiger partial charge in [0.25, 0.3) is 5.91 Å². The van der Waals surface area contributed by atoms with Gasteiger partial charge in [0.2, 0.25) is 0 Å². The third-order valence-electron chi connectivity index (χ3n) is 5.19. The van der Waals surface area contributed by atoms with E-state index >= 15 is 0 Å². The highest BCUT2D eigenvalue weighted by molar-refractivity contribution is 5.94. The molecule has 28 heavy (non-hydrogen) atoms. The van der Waals surface area contributed by atoms with Crippen LogP contribution in [-0.2, 0) is 0 Å². The van der Waals surface area contributed by atoms with E-state index in [1.165, 1.54) is 17.7 Å². The standard InChI is InChI=1S/C23H22FN3O/c1-16-4-2-5-18(12-16)21-13-25-14-22(26-21)19-6-3-11-27(15-19)23(28)17-7-9-20(24)10-8-17/h2,4-5,7-10,12-14,19H,3,6,11,15H2,1H3. The van der Waals surface area contributed by atoms with Crippen LogP contribution in [0.4, 0.5) is 4.39 Å². The predicted octanol–water partition coefficient (Wildman–Crippen LogP) is 4.61. The van der Waals surface area contributed by atoms with Crippen LogP contribution in [0, 0.1) is 12.7 Å². The van der Waals surface area contributed by atoms with Crippen LogP contribution in [0.3, 0.4) is 0 Å². The average molecular weight is 375 g/mol. The van der Waals surface area contributed by atoms with Gasteiger partial charge < -0.3 is 4.90 Å². The van der Waals surface area contributed by atoms with Gasteiger partial charge in [0.1, 0.15) is 5.82 Å². The van der Waals surface area contributed by atoms with Gasteiger partial charge in [-0.25, -0.2) is 9.37 Å². The Kier molecular flexibility index (Phi) is 5.15. The van der Waals surface area contributed by atoms with E-state index in [1.807, 2.05) is 17.0 Å². The molecule has 1 aromatic heterocycles. The Balaban J connectivity index is 1.54. The summed E-state index contributed by atoms with van der Waals surface area (Å²) in [5.41, 5.74) is 4.50. The fourth-order valence-corrected chi connectivity index (χ4v) is 3.70. The van der Waals surface area contributed by atoms with E-state index in [-0.39, 0.29) is 17.6 Å². The number of piperidine rings is 1.